The summed E-state index contributed by atoms with van der Waals surface area (Å²) in [6.07, 6.45) is 2.55. The second kappa shape index (κ2) is 2.63. The fourth-order valence-corrected chi connectivity index (χ4v) is 1.48. The van der Waals surface area contributed by atoms with Crippen molar-refractivity contribution in [3.05, 3.63) is 18.6 Å². The van der Waals surface area contributed by atoms with Gasteiger partial charge in [-0.25, -0.2) is 9.97 Å². The molecular formula is C6H6N3O3P. The lowest BCUT2D eigenvalue weighted by Crippen LogP contribution is -2.04. The molecule has 2 rings (SSSR count). The average molecular weight is 199 g/mol. The first kappa shape index (κ1) is 8.37. The topological polar surface area (TPSA) is 99.1 Å². The lowest BCUT2D eigenvalue weighted by atomic mass is 10.4. The zero-order valence-corrected chi connectivity index (χ0v) is 7.27. The molecule has 0 radical (unpaired) electrons. The first-order valence-corrected chi connectivity index (χ1v) is 5.04. The molecule has 0 bridgehead atoms. The number of hydrogen-bond acceptors (Lipinski definition) is 3. The van der Waals surface area contributed by atoms with Crippen molar-refractivity contribution in [3.63, 3.8) is 0 Å². The number of rotatable bonds is 1. The minimum Gasteiger partial charge on any atom is -0.343 e. The molecule has 2 aromatic heterocycles. The van der Waals surface area contributed by atoms with Gasteiger partial charge in [0.1, 0.15) is 0 Å². The summed E-state index contributed by atoms with van der Waals surface area (Å²) < 4.78 is 10.8. The van der Waals surface area contributed by atoms with E-state index < -0.39 is 7.60 Å². The van der Waals surface area contributed by atoms with Crippen LogP contribution in [-0.4, -0.2) is 24.7 Å². The molecule has 2 aromatic rings. The Bertz CT molecular complexity index is 489. The van der Waals surface area contributed by atoms with Crippen LogP contribution in [0.3, 0.4) is 0 Å². The molecule has 3 N–H and O–H groups in total. The van der Waals surface area contributed by atoms with E-state index in [1.165, 1.54) is 12.4 Å². The van der Waals surface area contributed by atoms with Crippen LogP contribution in [0.25, 0.3) is 11.2 Å². The molecule has 0 aromatic carbocycles. The van der Waals surface area contributed by atoms with Crippen LogP contribution in [-0.2, 0) is 4.57 Å². The van der Waals surface area contributed by atoms with Crippen LogP contribution in [0.1, 0.15) is 0 Å². The van der Waals surface area contributed by atoms with Gasteiger partial charge in [-0.15, -0.1) is 0 Å². The molecule has 0 spiro atoms. The summed E-state index contributed by atoms with van der Waals surface area (Å²) >= 11 is 0. The summed E-state index contributed by atoms with van der Waals surface area (Å²) in [5, 5.41) is -0.107. The Balaban J connectivity index is 2.67. The quantitative estimate of drug-likeness (QED) is 0.550. The van der Waals surface area contributed by atoms with Gasteiger partial charge in [0.15, 0.2) is 5.65 Å². The zero-order chi connectivity index (χ0) is 9.47. The molecule has 2 heterocycles. The molecule has 0 saturated heterocycles. The van der Waals surface area contributed by atoms with Gasteiger partial charge >= 0.3 is 7.60 Å². The highest BCUT2D eigenvalue weighted by Crippen LogP contribution is 2.32. The number of H-pyrrole nitrogens is 1. The van der Waals surface area contributed by atoms with E-state index in [1.807, 2.05) is 0 Å². The number of imidazole rings is 1. The second-order valence-corrected chi connectivity index (χ2v) is 4.12. The molecule has 0 atom stereocenters. The third-order valence-corrected chi connectivity index (χ3v) is 2.51. The van der Waals surface area contributed by atoms with E-state index in [2.05, 4.69) is 15.0 Å². The normalized spacial score (nSPS) is 12.2. The summed E-state index contributed by atoms with van der Waals surface area (Å²) in [5.41, 5.74) is 0.957. The van der Waals surface area contributed by atoms with E-state index in [9.17, 15) is 4.57 Å². The van der Waals surface area contributed by atoms with Crippen molar-refractivity contribution in [3.8, 4) is 0 Å². The lowest BCUT2D eigenvalue weighted by Gasteiger charge is -2.01. The highest BCUT2D eigenvalue weighted by Gasteiger charge is 2.18. The Morgan fingerprint density at radius 2 is 2.15 bits per heavy atom. The number of nitrogens with one attached hydrogen (secondary N) is 1. The zero-order valence-electron chi connectivity index (χ0n) is 6.38. The highest BCUT2D eigenvalue weighted by atomic mass is 31.2. The number of fused-ring (bicyclic) bond motifs is 1. The first-order valence-electron chi connectivity index (χ1n) is 3.42. The van der Waals surface area contributed by atoms with Crippen LogP contribution in [0, 0.1) is 0 Å². The van der Waals surface area contributed by atoms with Gasteiger partial charge < -0.3 is 14.8 Å². The molecule has 0 unspecified atom stereocenters. The molecule has 0 amide bonds. The summed E-state index contributed by atoms with van der Waals surface area (Å²) in [7, 11) is -4.21. The van der Waals surface area contributed by atoms with Crippen molar-refractivity contribution >= 4 is 24.1 Å². The van der Waals surface area contributed by atoms with Crippen LogP contribution in [0.15, 0.2) is 18.6 Å². The minimum absolute atomic E-state index is 0.107. The maximum atomic E-state index is 10.8. The number of aromatic amines is 1. The number of hydrogen-bond donors (Lipinski definition) is 3. The van der Waals surface area contributed by atoms with Gasteiger partial charge in [-0.1, -0.05) is 0 Å². The van der Waals surface area contributed by atoms with Gasteiger partial charge in [0.05, 0.1) is 17.1 Å². The second-order valence-electron chi connectivity index (χ2n) is 2.51. The van der Waals surface area contributed by atoms with E-state index >= 15 is 0 Å². The van der Waals surface area contributed by atoms with Crippen molar-refractivity contribution in [2.24, 2.45) is 0 Å². The van der Waals surface area contributed by atoms with Crippen molar-refractivity contribution in [2.75, 3.05) is 0 Å². The van der Waals surface area contributed by atoms with Crippen molar-refractivity contribution in [2.45, 2.75) is 0 Å². The standard InChI is InChI=1S/C6H6N3O3P/c10-13(11,12)4-1-5-6(7-2-4)9-3-8-5/h1-3H,(H,7,8,9)(H2,10,11,12). The van der Waals surface area contributed by atoms with E-state index in [0.717, 1.165) is 6.20 Å². The van der Waals surface area contributed by atoms with Gasteiger partial charge in [0.2, 0.25) is 0 Å². The summed E-state index contributed by atoms with van der Waals surface area (Å²) in [6, 6.07) is 1.34. The molecule has 68 valence electrons. The molecule has 0 saturated carbocycles. The van der Waals surface area contributed by atoms with E-state index in [1.54, 1.807) is 0 Å². The molecule has 0 fully saturated rings. The minimum atomic E-state index is -4.21. The number of pyridine rings is 1. The highest BCUT2D eigenvalue weighted by molar-refractivity contribution is 7.60. The van der Waals surface area contributed by atoms with Gasteiger partial charge in [-0.05, 0) is 6.07 Å². The van der Waals surface area contributed by atoms with Crippen LogP contribution in [0.4, 0.5) is 0 Å². The maximum absolute atomic E-state index is 10.8. The average Bonchev–Trinajstić information content (AvgIpc) is 2.47. The van der Waals surface area contributed by atoms with Crippen LogP contribution >= 0.6 is 7.60 Å². The Labute approximate surface area is 72.8 Å². The third kappa shape index (κ3) is 1.47. The van der Waals surface area contributed by atoms with Crippen molar-refractivity contribution in [1.29, 1.82) is 0 Å². The molecule has 0 aliphatic carbocycles. The predicted octanol–water partition coefficient (Wildman–Crippen LogP) is -0.239. The molecule has 6 nitrogen and oxygen atoms in total. The smallest absolute Gasteiger partial charge is 0.343 e. The molecule has 13 heavy (non-hydrogen) atoms. The predicted molar refractivity (Wildman–Crippen MR) is 45.6 cm³/mol. The molecular weight excluding hydrogens is 193 g/mol. The first-order chi connectivity index (χ1) is 6.07. The Morgan fingerprint density at radius 1 is 1.38 bits per heavy atom. The fourth-order valence-electron chi connectivity index (χ4n) is 0.978. The Morgan fingerprint density at radius 3 is 2.85 bits per heavy atom. The van der Waals surface area contributed by atoms with Crippen LogP contribution < -0.4 is 5.30 Å². The van der Waals surface area contributed by atoms with Crippen molar-refractivity contribution in [1.82, 2.24) is 15.0 Å². The number of aromatic nitrogens is 3. The Kier molecular flexibility index (Phi) is 1.69. The molecule has 0 aliphatic rings. The molecule has 7 heteroatoms. The Hall–Kier alpha value is -1.23. The summed E-state index contributed by atoms with van der Waals surface area (Å²) in [4.78, 5) is 28.0. The number of nitrogens with zero attached hydrogens (tertiary/aromatic N) is 2. The van der Waals surface area contributed by atoms with Crippen LogP contribution in [0.5, 0.6) is 0 Å². The van der Waals surface area contributed by atoms with Crippen LogP contribution in [0.2, 0.25) is 0 Å². The van der Waals surface area contributed by atoms with Gasteiger partial charge in [-0.2, -0.15) is 0 Å². The summed E-state index contributed by atoms with van der Waals surface area (Å²) in [5.74, 6) is 0. The summed E-state index contributed by atoms with van der Waals surface area (Å²) in [6.45, 7) is 0. The fraction of sp³-hybridized carbons (Fsp3) is 0. The monoisotopic (exact) mass is 199 g/mol. The molecule has 0 aliphatic heterocycles. The van der Waals surface area contributed by atoms with E-state index in [-0.39, 0.29) is 5.30 Å². The third-order valence-electron chi connectivity index (χ3n) is 1.60. The largest absolute Gasteiger partial charge is 0.357 e. The maximum Gasteiger partial charge on any atom is 0.357 e. The van der Waals surface area contributed by atoms with E-state index in [0.29, 0.717) is 11.2 Å². The SMILES string of the molecule is O=P(O)(O)c1cnc2nc[nH]c2c1. The van der Waals surface area contributed by atoms with Crippen molar-refractivity contribution < 1.29 is 14.4 Å². The van der Waals surface area contributed by atoms with Gasteiger partial charge in [0, 0.05) is 6.20 Å². The van der Waals surface area contributed by atoms with Gasteiger partial charge in [-0.3, -0.25) is 4.57 Å². The van der Waals surface area contributed by atoms with Gasteiger partial charge in [0.25, 0.3) is 0 Å². The lowest BCUT2D eigenvalue weighted by molar-refractivity contribution is 0.387. The van der Waals surface area contributed by atoms with E-state index in [4.69, 9.17) is 9.79 Å².